The minimum atomic E-state index is -0.576. The van der Waals surface area contributed by atoms with Gasteiger partial charge in [0.25, 0.3) is 5.91 Å². The van der Waals surface area contributed by atoms with Gasteiger partial charge in [-0.25, -0.2) is 0 Å². The number of hydrogen-bond acceptors (Lipinski definition) is 3. The molecule has 24 heavy (non-hydrogen) atoms. The number of piperazine rings is 1. The van der Waals surface area contributed by atoms with Crippen molar-refractivity contribution in [3.8, 4) is 5.75 Å². The maximum Gasteiger partial charge on any atom is 0.264 e. The predicted molar refractivity (Wildman–Crippen MR) is 90.4 cm³/mol. The molecule has 2 heterocycles. The number of quaternary nitrogens is 1. The van der Waals surface area contributed by atoms with Gasteiger partial charge >= 0.3 is 0 Å². The van der Waals surface area contributed by atoms with E-state index in [-0.39, 0.29) is 18.4 Å². The summed E-state index contributed by atoms with van der Waals surface area (Å²) in [7, 11) is 3.78. The maximum atomic E-state index is 12.6. The molecule has 0 aromatic heterocycles. The van der Waals surface area contributed by atoms with Crippen molar-refractivity contribution in [3.63, 3.8) is 0 Å². The molecule has 0 spiro atoms. The third kappa shape index (κ3) is 3.65. The monoisotopic (exact) mass is 352 g/mol. The number of amides is 2. The number of benzene rings is 1. The molecule has 1 aromatic carbocycles. The van der Waals surface area contributed by atoms with Gasteiger partial charge in [-0.15, -0.1) is 0 Å². The third-order valence-corrected chi connectivity index (χ3v) is 4.93. The van der Waals surface area contributed by atoms with E-state index < -0.39 is 6.10 Å². The number of fused-ring (bicyclic) bond motifs is 1. The lowest BCUT2D eigenvalue weighted by atomic mass is 10.1. The van der Waals surface area contributed by atoms with Crippen LogP contribution in [0.1, 0.15) is 5.56 Å². The zero-order valence-corrected chi connectivity index (χ0v) is 14.8. The minimum Gasteiger partial charge on any atom is -0.480 e. The summed E-state index contributed by atoms with van der Waals surface area (Å²) in [5.74, 6) is 0.520. The first-order valence-electron chi connectivity index (χ1n) is 8.23. The molecule has 1 N–H and O–H groups in total. The van der Waals surface area contributed by atoms with E-state index in [1.54, 1.807) is 19.2 Å². The Hall–Kier alpha value is -1.79. The third-order valence-electron chi connectivity index (χ3n) is 4.69. The van der Waals surface area contributed by atoms with Gasteiger partial charge < -0.3 is 19.4 Å². The Morgan fingerprint density at radius 1 is 1.38 bits per heavy atom. The van der Waals surface area contributed by atoms with E-state index in [0.29, 0.717) is 17.2 Å². The number of likely N-dealkylation sites (N-methyl/N-ethyl adjacent to an activating group) is 2. The van der Waals surface area contributed by atoms with Gasteiger partial charge in [0.1, 0.15) is 5.75 Å². The normalized spacial score (nSPS) is 20.5. The van der Waals surface area contributed by atoms with Gasteiger partial charge in [-0.1, -0.05) is 11.6 Å². The van der Waals surface area contributed by atoms with Crippen LogP contribution in [-0.2, 0) is 16.0 Å². The number of carbonyl (C=O) groups is 2. The standard InChI is InChI=1S/C17H22ClN3O3/c1-19-5-7-21(8-6-19)16(22)11-20(2)17(23)15-10-12-9-13(18)3-4-14(12)24-15/h3-4,9,15H,5-8,10-11H2,1-2H3/p+1/t15-/m0/s1. The van der Waals surface area contributed by atoms with Gasteiger partial charge in [-0.2, -0.15) is 0 Å². The van der Waals surface area contributed by atoms with Crippen molar-refractivity contribution in [2.45, 2.75) is 12.5 Å². The van der Waals surface area contributed by atoms with Crippen LogP contribution in [0.25, 0.3) is 0 Å². The molecule has 0 unspecified atom stereocenters. The number of carbonyl (C=O) groups excluding carboxylic acids is 2. The number of nitrogens with one attached hydrogen (secondary N) is 1. The van der Waals surface area contributed by atoms with Crippen LogP contribution < -0.4 is 9.64 Å². The Morgan fingerprint density at radius 2 is 2.08 bits per heavy atom. The van der Waals surface area contributed by atoms with Gasteiger partial charge in [0.05, 0.1) is 39.8 Å². The quantitative estimate of drug-likeness (QED) is 0.795. The lowest BCUT2D eigenvalue weighted by Gasteiger charge is -2.31. The molecule has 1 atom stereocenters. The first-order valence-corrected chi connectivity index (χ1v) is 8.61. The summed E-state index contributed by atoms with van der Waals surface area (Å²) in [6, 6.07) is 5.35. The van der Waals surface area contributed by atoms with Crippen LogP contribution in [0.15, 0.2) is 18.2 Å². The van der Waals surface area contributed by atoms with Gasteiger partial charge in [0.2, 0.25) is 5.91 Å². The first kappa shape index (κ1) is 17.0. The fourth-order valence-corrected chi connectivity index (χ4v) is 3.31. The molecular weight excluding hydrogens is 330 g/mol. The summed E-state index contributed by atoms with van der Waals surface area (Å²) in [5.41, 5.74) is 0.933. The summed E-state index contributed by atoms with van der Waals surface area (Å²) < 4.78 is 5.71. The van der Waals surface area contributed by atoms with Crippen molar-refractivity contribution >= 4 is 23.4 Å². The topological polar surface area (TPSA) is 54.3 Å². The predicted octanol–water partition coefficient (Wildman–Crippen LogP) is -0.541. The lowest BCUT2D eigenvalue weighted by molar-refractivity contribution is -0.883. The number of halogens is 1. The molecule has 2 amide bonds. The number of ether oxygens (including phenoxy) is 1. The van der Waals surface area contributed by atoms with Crippen LogP contribution in [0.2, 0.25) is 5.02 Å². The lowest BCUT2D eigenvalue weighted by Crippen LogP contribution is -3.12. The van der Waals surface area contributed by atoms with Crippen LogP contribution in [0.5, 0.6) is 5.75 Å². The molecule has 1 saturated heterocycles. The SMILES string of the molecule is CN(CC(=O)N1CC[NH+](C)CC1)C(=O)[C@@H]1Cc2cc(Cl)ccc2O1. The molecule has 130 valence electrons. The summed E-state index contributed by atoms with van der Waals surface area (Å²) in [6.45, 7) is 3.48. The molecule has 1 aromatic rings. The Balaban J connectivity index is 1.55. The second-order valence-electron chi connectivity index (χ2n) is 6.59. The van der Waals surface area contributed by atoms with Gasteiger partial charge in [0, 0.05) is 18.5 Å². The second-order valence-corrected chi connectivity index (χ2v) is 7.03. The van der Waals surface area contributed by atoms with Crippen molar-refractivity contribution in [1.82, 2.24) is 9.80 Å². The number of rotatable bonds is 3. The van der Waals surface area contributed by atoms with Crippen molar-refractivity contribution in [1.29, 1.82) is 0 Å². The Kier molecular flexibility index (Phi) is 4.96. The van der Waals surface area contributed by atoms with Gasteiger partial charge in [-0.05, 0) is 23.8 Å². The van der Waals surface area contributed by atoms with Crippen molar-refractivity contribution < 1.29 is 19.2 Å². The number of hydrogen-bond donors (Lipinski definition) is 1. The number of nitrogens with zero attached hydrogens (tertiary/aromatic N) is 2. The van der Waals surface area contributed by atoms with E-state index in [1.807, 2.05) is 11.0 Å². The minimum absolute atomic E-state index is 0.00287. The van der Waals surface area contributed by atoms with Crippen molar-refractivity contribution in [3.05, 3.63) is 28.8 Å². The van der Waals surface area contributed by atoms with Crippen LogP contribution in [0.3, 0.4) is 0 Å². The van der Waals surface area contributed by atoms with Gasteiger partial charge in [0.15, 0.2) is 6.10 Å². The van der Waals surface area contributed by atoms with E-state index in [1.165, 1.54) is 9.80 Å². The highest BCUT2D eigenvalue weighted by Crippen LogP contribution is 2.31. The fourth-order valence-electron chi connectivity index (χ4n) is 3.12. The van der Waals surface area contributed by atoms with Crippen molar-refractivity contribution in [2.24, 2.45) is 0 Å². The van der Waals surface area contributed by atoms with E-state index in [2.05, 4.69) is 7.05 Å². The van der Waals surface area contributed by atoms with E-state index in [4.69, 9.17) is 16.3 Å². The zero-order chi connectivity index (χ0) is 17.3. The van der Waals surface area contributed by atoms with Crippen LogP contribution in [-0.4, -0.2) is 74.5 Å². The average Bonchev–Trinajstić information content (AvgIpc) is 2.97. The van der Waals surface area contributed by atoms with Crippen LogP contribution in [0.4, 0.5) is 0 Å². The molecule has 0 radical (unpaired) electrons. The summed E-state index contributed by atoms with van der Waals surface area (Å²) in [6.07, 6.45) is -0.0845. The second kappa shape index (κ2) is 6.99. The van der Waals surface area contributed by atoms with Crippen molar-refractivity contribution in [2.75, 3.05) is 46.8 Å². The highest BCUT2D eigenvalue weighted by atomic mass is 35.5. The molecule has 3 rings (SSSR count). The molecule has 0 bridgehead atoms. The van der Waals surface area contributed by atoms with Gasteiger partial charge in [-0.3, -0.25) is 9.59 Å². The zero-order valence-electron chi connectivity index (χ0n) is 14.0. The molecule has 1 fully saturated rings. The van der Waals surface area contributed by atoms with E-state index in [0.717, 1.165) is 31.7 Å². The van der Waals surface area contributed by atoms with Crippen LogP contribution >= 0.6 is 11.6 Å². The van der Waals surface area contributed by atoms with Crippen LogP contribution in [0, 0.1) is 0 Å². The first-order chi connectivity index (χ1) is 11.4. The molecule has 7 heteroatoms. The summed E-state index contributed by atoms with van der Waals surface area (Å²) in [4.78, 5) is 29.7. The highest BCUT2D eigenvalue weighted by Gasteiger charge is 2.32. The Bertz CT molecular complexity index is 644. The maximum absolute atomic E-state index is 12.6. The largest absolute Gasteiger partial charge is 0.480 e. The fraction of sp³-hybridized carbons (Fsp3) is 0.529. The molecule has 0 aliphatic carbocycles. The Labute approximate surface area is 146 Å². The molecule has 2 aliphatic rings. The molecule has 2 aliphatic heterocycles. The van der Waals surface area contributed by atoms with E-state index in [9.17, 15) is 9.59 Å². The highest BCUT2D eigenvalue weighted by molar-refractivity contribution is 6.30. The molecule has 0 saturated carbocycles. The molecule has 6 nitrogen and oxygen atoms in total. The average molecular weight is 353 g/mol. The summed E-state index contributed by atoms with van der Waals surface area (Å²) in [5, 5.41) is 0.631. The summed E-state index contributed by atoms with van der Waals surface area (Å²) >= 11 is 5.98. The van der Waals surface area contributed by atoms with E-state index >= 15 is 0 Å². The Morgan fingerprint density at radius 3 is 2.79 bits per heavy atom. The smallest absolute Gasteiger partial charge is 0.264 e. The molecular formula is C17H23ClN3O3+.